The predicted octanol–water partition coefficient (Wildman–Crippen LogP) is 3.68. The van der Waals surface area contributed by atoms with Crippen molar-refractivity contribution in [1.29, 1.82) is 0 Å². The lowest BCUT2D eigenvalue weighted by atomic mass is 10.0. The number of esters is 1. The fourth-order valence-electron chi connectivity index (χ4n) is 2.06. The molecule has 0 saturated heterocycles. The molecule has 20 heavy (non-hydrogen) atoms. The summed E-state index contributed by atoms with van der Waals surface area (Å²) < 4.78 is 10.7. The van der Waals surface area contributed by atoms with Crippen molar-refractivity contribution in [3.05, 3.63) is 65.7 Å². The standard InChI is InChI=1S/C17H18O3/c1-13-8-6-7-11-15(13)16(12-17(18)19-2)20-14-9-4-3-5-10-14/h3-11,16H,12H2,1-2H3/t16-/m1/s1. The summed E-state index contributed by atoms with van der Waals surface area (Å²) in [5.41, 5.74) is 2.10. The zero-order valence-electron chi connectivity index (χ0n) is 11.7. The molecule has 0 aliphatic heterocycles. The minimum absolute atomic E-state index is 0.191. The maximum atomic E-state index is 11.6. The third-order valence-electron chi connectivity index (χ3n) is 3.14. The third-order valence-corrected chi connectivity index (χ3v) is 3.14. The van der Waals surface area contributed by atoms with Crippen molar-refractivity contribution >= 4 is 5.97 Å². The molecule has 0 spiro atoms. The second-order valence-electron chi connectivity index (χ2n) is 4.56. The number of methoxy groups -OCH3 is 1. The van der Waals surface area contributed by atoms with Crippen LogP contribution in [0.3, 0.4) is 0 Å². The van der Waals surface area contributed by atoms with Gasteiger partial charge in [0.05, 0.1) is 13.5 Å². The van der Waals surface area contributed by atoms with Gasteiger partial charge in [-0.15, -0.1) is 0 Å². The molecule has 0 aromatic heterocycles. The van der Waals surface area contributed by atoms with Crippen LogP contribution in [0.1, 0.15) is 23.7 Å². The van der Waals surface area contributed by atoms with Crippen LogP contribution in [0.4, 0.5) is 0 Å². The van der Waals surface area contributed by atoms with Gasteiger partial charge in [0.2, 0.25) is 0 Å². The van der Waals surface area contributed by atoms with Crippen molar-refractivity contribution < 1.29 is 14.3 Å². The average molecular weight is 270 g/mol. The number of ether oxygens (including phenoxy) is 2. The molecule has 0 fully saturated rings. The average Bonchev–Trinajstić information content (AvgIpc) is 2.48. The van der Waals surface area contributed by atoms with E-state index in [0.29, 0.717) is 0 Å². The molecule has 2 aromatic rings. The predicted molar refractivity (Wildman–Crippen MR) is 77.6 cm³/mol. The smallest absolute Gasteiger partial charge is 0.309 e. The Morgan fingerprint density at radius 2 is 1.70 bits per heavy atom. The van der Waals surface area contributed by atoms with Gasteiger partial charge < -0.3 is 9.47 Å². The number of carbonyl (C=O) groups excluding carboxylic acids is 1. The zero-order chi connectivity index (χ0) is 14.4. The highest BCUT2D eigenvalue weighted by molar-refractivity contribution is 5.70. The molecule has 0 unspecified atom stereocenters. The quantitative estimate of drug-likeness (QED) is 0.777. The van der Waals surface area contributed by atoms with Gasteiger partial charge in [-0.3, -0.25) is 4.79 Å². The van der Waals surface area contributed by atoms with Gasteiger partial charge in [0.15, 0.2) is 0 Å². The lowest BCUT2D eigenvalue weighted by molar-refractivity contribution is -0.142. The molecule has 2 aromatic carbocycles. The van der Waals surface area contributed by atoms with Crippen molar-refractivity contribution in [3.8, 4) is 5.75 Å². The molecular weight excluding hydrogens is 252 g/mol. The van der Waals surface area contributed by atoms with Crippen molar-refractivity contribution in [1.82, 2.24) is 0 Å². The van der Waals surface area contributed by atoms with Crippen molar-refractivity contribution in [3.63, 3.8) is 0 Å². The Bertz CT molecular complexity index is 563. The number of para-hydroxylation sites is 1. The SMILES string of the molecule is COC(=O)C[C@@H](Oc1ccccc1)c1ccccc1C. The molecule has 3 nitrogen and oxygen atoms in total. The van der Waals surface area contributed by atoms with E-state index in [-0.39, 0.29) is 18.5 Å². The van der Waals surface area contributed by atoms with E-state index in [0.717, 1.165) is 16.9 Å². The Kier molecular flexibility index (Phi) is 4.77. The van der Waals surface area contributed by atoms with E-state index in [4.69, 9.17) is 9.47 Å². The van der Waals surface area contributed by atoms with Gasteiger partial charge in [-0.2, -0.15) is 0 Å². The molecular formula is C17H18O3. The Morgan fingerprint density at radius 3 is 2.35 bits per heavy atom. The highest BCUT2D eigenvalue weighted by Crippen LogP contribution is 2.27. The molecule has 0 N–H and O–H groups in total. The fraction of sp³-hybridized carbons (Fsp3) is 0.235. The summed E-state index contributed by atoms with van der Waals surface area (Å²) in [6, 6.07) is 17.4. The van der Waals surface area contributed by atoms with Crippen molar-refractivity contribution in [2.75, 3.05) is 7.11 Å². The number of rotatable bonds is 5. The molecule has 0 bridgehead atoms. The van der Waals surface area contributed by atoms with Crippen LogP contribution in [0.25, 0.3) is 0 Å². The number of hydrogen-bond donors (Lipinski definition) is 0. The molecule has 0 amide bonds. The Labute approximate surface area is 119 Å². The molecule has 0 saturated carbocycles. The van der Waals surface area contributed by atoms with Crippen LogP contribution < -0.4 is 4.74 Å². The van der Waals surface area contributed by atoms with Crippen LogP contribution in [-0.4, -0.2) is 13.1 Å². The first kappa shape index (κ1) is 14.1. The Hall–Kier alpha value is -2.29. The molecule has 0 radical (unpaired) electrons. The maximum Gasteiger partial charge on any atom is 0.309 e. The second kappa shape index (κ2) is 6.75. The van der Waals surface area contributed by atoms with Gasteiger partial charge in [-0.05, 0) is 30.2 Å². The summed E-state index contributed by atoms with van der Waals surface area (Å²) in [4.78, 5) is 11.6. The van der Waals surface area contributed by atoms with Gasteiger partial charge in [0.25, 0.3) is 0 Å². The Morgan fingerprint density at radius 1 is 1.05 bits per heavy atom. The highest BCUT2D eigenvalue weighted by atomic mass is 16.5. The fourth-order valence-corrected chi connectivity index (χ4v) is 2.06. The largest absolute Gasteiger partial charge is 0.485 e. The summed E-state index contributed by atoms with van der Waals surface area (Å²) >= 11 is 0. The van der Waals surface area contributed by atoms with Gasteiger partial charge >= 0.3 is 5.97 Å². The molecule has 0 aliphatic rings. The van der Waals surface area contributed by atoms with E-state index >= 15 is 0 Å². The van der Waals surface area contributed by atoms with Gasteiger partial charge in [-0.1, -0.05) is 42.5 Å². The van der Waals surface area contributed by atoms with Crippen LogP contribution in [-0.2, 0) is 9.53 Å². The maximum absolute atomic E-state index is 11.6. The summed E-state index contributed by atoms with van der Waals surface area (Å²) in [7, 11) is 1.39. The highest BCUT2D eigenvalue weighted by Gasteiger charge is 2.19. The number of hydrogen-bond acceptors (Lipinski definition) is 3. The lowest BCUT2D eigenvalue weighted by Crippen LogP contribution is -2.15. The van der Waals surface area contributed by atoms with Crippen LogP contribution in [0.5, 0.6) is 5.75 Å². The summed E-state index contributed by atoms with van der Waals surface area (Å²) in [6.07, 6.45) is -0.151. The summed E-state index contributed by atoms with van der Waals surface area (Å²) in [5, 5.41) is 0. The van der Waals surface area contributed by atoms with E-state index in [1.54, 1.807) is 0 Å². The first-order valence-electron chi connectivity index (χ1n) is 6.54. The lowest BCUT2D eigenvalue weighted by Gasteiger charge is -2.20. The van der Waals surface area contributed by atoms with Crippen LogP contribution in [0.2, 0.25) is 0 Å². The normalized spacial score (nSPS) is 11.7. The topological polar surface area (TPSA) is 35.5 Å². The molecule has 2 rings (SSSR count). The number of carbonyl (C=O) groups is 1. The number of aryl methyl sites for hydroxylation is 1. The van der Waals surface area contributed by atoms with Crippen LogP contribution >= 0.6 is 0 Å². The Balaban J connectivity index is 2.25. The number of benzene rings is 2. The van der Waals surface area contributed by atoms with Crippen LogP contribution in [0, 0.1) is 6.92 Å². The van der Waals surface area contributed by atoms with Gasteiger partial charge in [0.1, 0.15) is 11.9 Å². The molecule has 0 heterocycles. The monoisotopic (exact) mass is 270 g/mol. The summed E-state index contributed by atoms with van der Waals surface area (Å²) in [5.74, 6) is 0.457. The third kappa shape index (κ3) is 3.60. The summed E-state index contributed by atoms with van der Waals surface area (Å²) in [6.45, 7) is 2.01. The molecule has 3 heteroatoms. The first-order chi connectivity index (χ1) is 9.70. The van der Waals surface area contributed by atoms with Crippen molar-refractivity contribution in [2.24, 2.45) is 0 Å². The molecule has 1 atom stereocenters. The molecule has 104 valence electrons. The molecule has 0 aliphatic carbocycles. The van der Waals surface area contributed by atoms with Crippen LogP contribution in [0.15, 0.2) is 54.6 Å². The van der Waals surface area contributed by atoms with Gasteiger partial charge in [-0.25, -0.2) is 0 Å². The van der Waals surface area contributed by atoms with E-state index in [2.05, 4.69) is 0 Å². The van der Waals surface area contributed by atoms with E-state index < -0.39 is 0 Å². The van der Waals surface area contributed by atoms with E-state index in [9.17, 15) is 4.79 Å². The van der Waals surface area contributed by atoms with Crippen molar-refractivity contribution in [2.45, 2.75) is 19.4 Å². The van der Waals surface area contributed by atoms with E-state index in [1.807, 2.05) is 61.5 Å². The van der Waals surface area contributed by atoms with E-state index in [1.165, 1.54) is 7.11 Å². The van der Waals surface area contributed by atoms with Gasteiger partial charge in [0, 0.05) is 0 Å². The second-order valence-corrected chi connectivity index (χ2v) is 4.56. The zero-order valence-corrected chi connectivity index (χ0v) is 11.7. The minimum Gasteiger partial charge on any atom is -0.485 e. The first-order valence-corrected chi connectivity index (χ1v) is 6.54. The minimum atomic E-state index is -0.342.